The second-order valence-corrected chi connectivity index (χ2v) is 5.30. The summed E-state index contributed by atoms with van der Waals surface area (Å²) in [5.41, 5.74) is 0.913. The lowest BCUT2D eigenvalue weighted by Crippen LogP contribution is -2.25. The van der Waals surface area contributed by atoms with E-state index in [0.717, 1.165) is 49.0 Å². The number of hydrogen-bond donors (Lipinski definition) is 1. The standard InChI is InChI=1S/C18H26N4O/c1-4-11-22(12-5-2)18-13-17(19-14-20-18)21-15-9-7-8-10-16(15)23-6-3/h7-10,13-14H,4-6,11-12H2,1-3H3,(H,19,20,21). The van der Waals surface area contributed by atoms with Crippen molar-refractivity contribution in [2.45, 2.75) is 33.6 Å². The van der Waals surface area contributed by atoms with Crippen LogP contribution in [0.5, 0.6) is 5.75 Å². The van der Waals surface area contributed by atoms with Crippen molar-refractivity contribution in [2.24, 2.45) is 0 Å². The van der Waals surface area contributed by atoms with Gasteiger partial charge in [0.2, 0.25) is 0 Å². The zero-order valence-corrected chi connectivity index (χ0v) is 14.2. The maximum atomic E-state index is 5.65. The molecule has 0 unspecified atom stereocenters. The second kappa shape index (κ2) is 8.98. The molecule has 124 valence electrons. The fourth-order valence-electron chi connectivity index (χ4n) is 2.46. The molecule has 0 saturated carbocycles. The van der Waals surface area contributed by atoms with Crippen LogP contribution >= 0.6 is 0 Å². The predicted octanol–water partition coefficient (Wildman–Crippen LogP) is 4.25. The summed E-state index contributed by atoms with van der Waals surface area (Å²) in [5, 5.41) is 3.33. The van der Waals surface area contributed by atoms with Crippen LogP contribution in [-0.4, -0.2) is 29.7 Å². The summed E-state index contributed by atoms with van der Waals surface area (Å²) >= 11 is 0. The molecule has 23 heavy (non-hydrogen) atoms. The van der Waals surface area contributed by atoms with Gasteiger partial charge in [0.1, 0.15) is 23.7 Å². The third-order valence-electron chi connectivity index (χ3n) is 3.41. The number of nitrogens with zero attached hydrogens (tertiary/aromatic N) is 3. The van der Waals surface area contributed by atoms with Crippen molar-refractivity contribution >= 4 is 17.3 Å². The quantitative estimate of drug-likeness (QED) is 0.750. The lowest BCUT2D eigenvalue weighted by Gasteiger charge is -2.22. The molecule has 0 spiro atoms. The van der Waals surface area contributed by atoms with Gasteiger partial charge in [-0.2, -0.15) is 0 Å². The summed E-state index contributed by atoms with van der Waals surface area (Å²) in [6, 6.07) is 9.88. The Bertz CT molecular complexity index is 597. The molecule has 0 aliphatic heterocycles. The molecule has 5 heteroatoms. The fraction of sp³-hybridized carbons (Fsp3) is 0.444. The highest BCUT2D eigenvalue weighted by Crippen LogP contribution is 2.27. The maximum absolute atomic E-state index is 5.65. The summed E-state index contributed by atoms with van der Waals surface area (Å²) in [4.78, 5) is 11.0. The normalized spacial score (nSPS) is 10.4. The van der Waals surface area contributed by atoms with Crippen LogP contribution in [-0.2, 0) is 0 Å². The zero-order chi connectivity index (χ0) is 16.5. The first-order valence-corrected chi connectivity index (χ1v) is 8.34. The molecule has 1 heterocycles. The maximum Gasteiger partial charge on any atom is 0.142 e. The fourth-order valence-corrected chi connectivity index (χ4v) is 2.46. The number of hydrogen-bond acceptors (Lipinski definition) is 5. The van der Waals surface area contributed by atoms with Gasteiger partial charge in [0.25, 0.3) is 0 Å². The van der Waals surface area contributed by atoms with E-state index in [-0.39, 0.29) is 0 Å². The molecule has 0 atom stereocenters. The van der Waals surface area contributed by atoms with Crippen molar-refractivity contribution in [1.82, 2.24) is 9.97 Å². The van der Waals surface area contributed by atoms with Crippen molar-refractivity contribution in [3.63, 3.8) is 0 Å². The van der Waals surface area contributed by atoms with E-state index in [1.54, 1.807) is 6.33 Å². The molecular formula is C18H26N4O. The lowest BCUT2D eigenvalue weighted by molar-refractivity contribution is 0.342. The van der Waals surface area contributed by atoms with E-state index < -0.39 is 0 Å². The van der Waals surface area contributed by atoms with Crippen LogP contribution in [0.4, 0.5) is 17.3 Å². The molecule has 1 aromatic heterocycles. The van der Waals surface area contributed by atoms with E-state index in [1.165, 1.54) is 0 Å². The van der Waals surface area contributed by atoms with Gasteiger partial charge in [-0.3, -0.25) is 0 Å². The molecule has 0 amide bonds. The monoisotopic (exact) mass is 314 g/mol. The number of aromatic nitrogens is 2. The van der Waals surface area contributed by atoms with Crippen LogP contribution in [0, 0.1) is 0 Å². The number of rotatable bonds is 9. The van der Waals surface area contributed by atoms with Crippen molar-refractivity contribution in [1.29, 1.82) is 0 Å². The van der Waals surface area contributed by atoms with E-state index >= 15 is 0 Å². The molecule has 0 aliphatic rings. The number of nitrogens with one attached hydrogen (secondary N) is 1. The van der Waals surface area contributed by atoms with Crippen LogP contribution in [0.2, 0.25) is 0 Å². The Balaban J connectivity index is 2.19. The summed E-state index contributed by atoms with van der Waals surface area (Å²) in [5.74, 6) is 2.56. The minimum absolute atomic E-state index is 0.633. The molecule has 0 fully saturated rings. The summed E-state index contributed by atoms with van der Waals surface area (Å²) in [6.45, 7) is 8.98. The number of anilines is 3. The highest BCUT2D eigenvalue weighted by molar-refractivity contribution is 5.65. The number of para-hydroxylation sites is 2. The van der Waals surface area contributed by atoms with Gasteiger partial charge in [0.05, 0.1) is 12.3 Å². The lowest BCUT2D eigenvalue weighted by atomic mass is 10.3. The van der Waals surface area contributed by atoms with E-state index in [1.807, 2.05) is 37.3 Å². The van der Waals surface area contributed by atoms with Crippen molar-refractivity contribution in [3.05, 3.63) is 36.7 Å². The molecule has 0 aliphatic carbocycles. The van der Waals surface area contributed by atoms with E-state index in [4.69, 9.17) is 4.74 Å². The smallest absolute Gasteiger partial charge is 0.142 e. The largest absolute Gasteiger partial charge is 0.492 e. The molecule has 0 radical (unpaired) electrons. The topological polar surface area (TPSA) is 50.3 Å². The third kappa shape index (κ3) is 4.84. The minimum Gasteiger partial charge on any atom is -0.492 e. The predicted molar refractivity (Wildman–Crippen MR) is 95.7 cm³/mol. The molecule has 5 nitrogen and oxygen atoms in total. The Labute approximate surface area is 138 Å². The average molecular weight is 314 g/mol. The van der Waals surface area contributed by atoms with E-state index in [2.05, 4.69) is 34.0 Å². The first-order chi connectivity index (χ1) is 11.3. The molecule has 2 aromatic rings. The summed E-state index contributed by atoms with van der Waals surface area (Å²) < 4.78 is 5.65. The van der Waals surface area contributed by atoms with Gasteiger partial charge in [-0.1, -0.05) is 26.0 Å². The van der Waals surface area contributed by atoms with Crippen LogP contribution < -0.4 is 15.0 Å². The first kappa shape index (κ1) is 17.1. The SMILES string of the molecule is CCCN(CCC)c1cc(Nc2ccccc2OCC)ncn1. The van der Waals surface area contributed by atoms with E-state index in [0.29, 0.717) is 6.61 Å². The Morgan fingerprint density at radius 1 is 1.04 bits per heavy atom. The molecule has 0 saturated heterocycles. The molecule has 2 rings (SSSR count). The Hall–Kier alpha value is -2.30. The van der Waals surface area contributed by atoms with Crippen molar-refractivity contribution < 1.29 is 4.74 Å². The van der Waals surface area contributed by atoms with Crippen molar-refractivity contribution in [2.75, 3.05) is 29.9 Å². The number of ether oxygens (including phenoxy) is 1. The highest BCUT2D eigenvalue weighted by atomic mass is 16.5. The third-order valence-corrected chi connectivity index (χ3v) is 3.41. The van der Waals surface area contributed by atoms with Crippen LogP contribution in [0.25, 0.3) is 0 Å². The Morgan fingerprint density at radius 3 is 2.48 bits per heavy atom. The molecule has 1 N–H and O–H groups in total. The minimum atomic E-state index is 0.633. The van der Waals surface area contributed by atoms with Gasteiger partial charge in [-0.15, -0.1) is 0 Å². The Morgan fingerprint density at radius 2 is 1.78 bits per heavy atom. The average Bonchev–Trinajstić information content (AvgIpc) is 2.57. The van der Waals surface area contributed by atoms with Gasteiger partial charge < -0.3 is 15.0 Å². The Kier molecular flexibility index (Phi) is 6.66. The van der Waals surface area contributed by atoms with E-state index in [9.17, 15) is 0 Å². The van der Waals surface area contributed by atoms with Crippen LogP contribution in [0.3, 0.4) is 0 Å². The van der Waals surface area contributed by atoms with Gasteiger partial charge in [0, 0.05) is 19.2 Å². The summed E-state index contributed by atoms with van der Waals surface area (Å²) in [7, 11) is 0. The molecule has 0 bridgehead atoms. The highest BCUT2D eigenvalue weighted by Gasteiger charge is 2.09. The summed E-state index contributed by atoms with van der Waals surface area (Å²) in [6.07, 6.45) is 3.80. The molecule has 1 aromatic carbocycles. The second-order valence-electron chi connectivity index (χ2n) is 5.30. The van der Waals surface area contributed by atoms with Crippen LogP contribution in [0.1, 0.15) is 33.6 Å². The van der Waals surface area contributed by atoms with Gasteiger partial charge in [-0.05, 0) is 31.9 Å². The number of benzene rings is 1. The van der Waals surface area contributed by atoms with Gasteiger partial charge in [0.15, 0.2) is 0 Å². The molecular weight excluding hydrogens is 288 g/mol. The first-order valence-electron chi connectivity index (χ1n) is 8.34. The van der Waals surface area contributed by atoms with Gasteiger partial charge in [-0.25, -0.2) is 9.97 Å². The van der Waals surface area contributed by atoms with Gasteiger partial charge >= 0.3 is 0 Å². The van der Waals surface area contributed by atoms with Crippen LogP contribution in [0.15, 0.2) is 36.7 Å². The zero-order valence-electron chi connectivity index (χ0n) is 14.2. The van der Waals surface area contributed by atoms with Crippen molar-refractivity contribution in [3.8, 4) is 5.75 Å².